The van der Waals surface area contributed by atoms with Crippen molar-refractivity contribution >= 4 is 27.6 Å². The molecule has 29 heavy (non-hydrogen) atoms. The number of aliphatic carboxylic acids is 2. The largest absolute Gasteiger partial charge is 0.481 e. The van der Waals surface area contributed by atoms with Gasteiger partial charge in [0.25, 0.3) is 0 Å². The fraction of sp³-hybridized carbons (Fsp3) is 0.818. The van der Waals surface area contributed by atoms with E-state index in [1.807, 2.05) is 0 Å². The SMILES string of the molecule is O=C(O)C[C@@H](COP(=O)(O)OC1[C@H](O)[C@H](O)C(OP(=O)(O)O)[C@H](O)[C@H]1O)C(=O)O. The minimum absolute atomic E-state index is 0.969. The van der Waals surface area contributed by atoms with Crippen LogP contribution in [-0.2, 0) is 32.3 Å². The molecule has 0 aliphatic heterocycles. The van der Waals surface area contributed by atoms with Crippen molar-refractivity contribution in [1.29, 1.82) is 0 Å². The van der Waals surface area contributed by atoms with Crippen LogP contribution < -0.4 is 0 Å². The molecule has 1 fully saturated rings. The maximum atomic E-state index is 11.9. The van der Waals surface area contributed by atoms with E-state index in [-0.39, 0.29) is 0 Å². The van der Waals surface area contributed by atoms with Crippen molar-refractivity contribution in [1.82, 2.24) is 0 Å². The van der Waals surface area contributed by atoms with Crippen LogP contribution in [0.4, 0.5) is 0 Å². The van der Waals surface area contributed by atoms with Gasteiger partial charge in [0.2, 0.25) is 0 Å². The molecule has 0 saturated heterocycles. The van der Waals surface area contributed by atoms with Crippen LogP contribution in [0.5, 0.6) is 0 Å². The van der Waals surface area contributed by atoms with E-state index in [0.717, 1.165) is 0 Å². The number of aliphatic hydroxyl groups excluding tert-OH is 4. The topological polar surface area (TPSA) is 278 Å². The first kappa shape index (κ1) is 26.0. The Morgan fingerprint density at radius 1 is 0.828 bits per heavy atom. The van der Waals surface area contributed by atoms with Crippen LogP contribution in [0.25, 0.3) is 0 Å². The lowest BCUT2D eigenvalue weighted by Gasteiger charge is -2.43. The summed E-state index contributed by atoms with van der Waals surface area (Å²) in [7, 11) is -10.6. The average Bonchev–Trinajstić information content (AvgIpc) is 2.56. The summed E-state index contributed by atoms with van der Waals surface area (Å²) >= 11 is 0. The Bertz CT molecular complexity index is 674. The van der Waals surface area contributed by atoms with E-state index in [1.54, 1.807) is 0 Å². The molecule has 1 aliphatic rings. The molecule has 0 heterocycles. The molecule has 1 saturated carbocycles. The lowest BCUT2D eigenvalue weighted by molar-refractivity contribution is -0.216. The maximum absolute atomic E-state index is 11.9. The second-order valence-electron chi connectivity index (χ2n) is 5.99. The van der Waals surface area contributed by atoms with Gasteiger partial charge >= 0.3 is 27.6 Å². The van der Waals surface area contributed by atoms with E-state index in [2.05, 4.69) is 13.6 Å². The zero-order valence-electron chi connectivity index (χ0n) is 14.2. The first-order chi connectivity index (χ1) is 13.1. The summed E-state index contributed by atoms with van der Waals surface area (Å²) in [5, 5.41) is 56.9. The summed E-state index contributed by atoms with van der Waals surface area (Å²) < 4.78 is 35.6. The van der Waals surface area contributed by atoms with Gasteiger partial charge in [-0.05, 0) is 0 Å². The second-order valence-corrected chi connectivity index (χ2v) is 8.59. The van der Waals surface area contributed by atoms with Gasteiger partial charge < -0.3 is 45.3 Å². The number of aliphatic hydroxyl groups is 4. The van der Waals surface area contributed by atoms with Crippen molar-refractivity contribution in [2.75, 3.05) is 6.61 Å². The number of carboxylic acid groups (broad SMARTS) is 2. The van der Waals surface area contributed by atoms with Crippen molar-refractivity contribution in [3.8, 4) is 0 Å². The van der Waals surface area contributed by atoms with E-state index < -0.39 is 83.2 Å². The van der Waals surface area contributed by atoms with Gasteiger partial charge in [-0.15, -0.1) is 0 Å². The molecule has 9 N–H and O–H groups in total. The van der Waals surface area contributed by atoms with Gasteiger partial charge in [-0.3, -0.25) is 23.2 Å². The number of phosphoric ester groups is 2. The minimum Gasteiger partial charge on any atom is -0.481 e. The molecule has 16 nitrogen and oxygen atoms in total. The molecule has 0 amide bonds. The molecule has 18 heteroatoms. The quantitative estimate of drug-likeness (QED) is 0.141. The van der Waals surface area contributed by atoms with E-state index in [9.17, 15) is 44.0 Å². The second kappa shape index (κ2) is 9.87. The van der Waals surface area contributed by atoms with Crippen molar-refractivity contribution in [2.45, 2.75) is 43.0 Å². The molecule has 1 rings (SSSR count). The first-order valence-electron chi connectivity index (χ1n) is 7.62. The van der Waals surface area contributed by atoms with Crippen molar-refractivity contribution in [2.24, 2.45) is 5.92 Å². The molecule has 3 unspecified atom stereocenters. The zero-order valence-corrected chi connectivity index (χ0v) is 16.0. The highest BCUT2D eigenvalue weighted by Gasteiger charge is 2.54. The number of hydrogen-bond donors (Lipinski definition) is 9. The Morgan fingerprint density at radius 2 is 1.24 bits per heavy atom. The van der Waals surface area contributed by atoms with Crippen LogP contribution >= 0.6 is 15.6 Å². The van der Waals surface area contributed by atoms with Crippen LogP contribution in [0.2, 0.25) is 0 Å². The minimum atomic E-state index is -5.28. The van der Waals surface area contributed by atoms with Gasteiger partial charge in [0, 0.05) is 0 Å². The van der Waals surface area contributed by atoms with Crippen molar-refractivity contribution in [3.63, 3.8) is 0 Å². The summed E-state index contributed by atoms with van der Waals surface area (Å²) in [6.45, 7) is -1.12. The smallest absolute Gasteiger partial charge is 0.472 e. The number of rotatable bonds is 10. The first-order valence-corrected chi connectivity index (χ1v) is 10.6. The van der Waals surface area contributed by atoms with Crippen LogP contribution in [0.1, 0.15) is 6.42 Å². The average molecular weight is 470 g/mol. The van der Waals surface area contributed by atoms with E-state index in [4.69, 9.17) is 20.0 Å². The van der Waals surface area contributed by atoms with Crippen molar-refractivity contribution in [3.05, 3.63) is 0 Å². The molecule has 0 aromatic rings. The third-order valence-electron chi connectivity index (χ3n) is 3.77. The molecular weight excluding hydrogens is 450 g/mol. The molecule has 170 valence electrons. The summed E-state index contributed by atoms with van der Waals surface area (Å²) in [5.41, 5.74) is 0. The van der Waals surface area contributed by atoms with Gasteiger partial charge in [0.15, 0.2) is 0 Å². The molecule has 0 bridgehead atoms. The number of carbonyl (C=O) groups is 2. The highest BCUT2D eigenvalue weighted by atomic mass is 31.2. The lowest BCUT2D eigenvalue weighted by Crippen LogP contribution is -2.64. The van der Waals surface area contributed by atoms with Gasteiger partial charge in [-0.1, -0.05) is 0 Å². The molecule has 0 aromatic carbocycles. The Labute approximate surface area is 161 Å². The highest BCUT2D eigenvalue weighted by Crippen LogP contribution is 2.48. The van der Waals surface area contributed by atoms with Gasteiger partial charge in [-0.25, -0.2) is 9.13 Å². The number of phosphoric acid groups is 2. The molecule has 1 aliphatic carbocycles. The Morgan fingerprint density at radius 3 is 1.59 bits per heavy atom. The highest BCUT2D eigenvalue weighted by molar-refractivity contribution is 7.47. The van der Waals surface area contributed by atoms with Crippen LogP contribution in [0, 0.1) is 5.92 Å². The number of carboxylic acids is 2. The van der Waals surface area contributed by atoms with E-state index >= 15 is 0 Å². The Kier molecular flexibility index (Phi) is 8.86. The zero-order chi connectivity index (χ0) is 22.7. The van der Waals surface area contributed by atoms with Crippen molar-refractivity contribution < 1.29 is 77.6 Å². The van der Waals surface area contributed by atoms with Gasteiger partial charge in [-0.2, -0.15) is 0 Å². The summed E-state index contributed by atoms with van der Waals surface area (Å²) in [6, 6.07) is 0. The normalized spacial score (nSPS) is 33.6. The summed E-state index contributed by atoms with van der Waals surface area (Å²) in [4.78, 5) is 48.6. The fourth-order valence-corrected chi connectivity index (χ4v) is 3.94. The Hall–Kier alpha value is -1.00. The molecular formula is C11H20O16P2. The summed E-state index contributed by atoms with van der Waals surface area (Å²) in [6.07, 6.45) is -14.6. The molecule has 0 aromatic heterocycles. The van der Waals surface area contributed by atoms with Crippen LogP contribution in [0.15, 0.2) is 0 Å². The van der Waals surface area contributed by atoms with E-state index in [0.29, 0.717) is 0 Å². The third-order valence-corrected chi connectivity index (χ3v) is 5.27. The fourth-order valence-electron chi connectivity index (χ4n) is 2.39. The predicted molar refractivity (Wildman–Crippen MR) is 85.0 cm³/mol. The van der Waals surface area contributed by atoms with Gasteiger partial charge in [0.1, 0.15) is 36.6 Å². The van der Waals surface area contributed by atoms with Crippen LogP contribution in [-0.4, -0.2) is 100 Å². The molecule has 0 radical (unpaired) electrons. The Balaban J connectivity index is 2.87. The monoisotopic (exact) mass is 470 g/mol. The lowest BCUT2D eigenvalue weighted by atomic mass is 9.85. The standard InChI is InChI=1S/C11H20O16P2/c12-4(13)1-3(11(18)19)2-25-29(23,24)27-10-7(16)5(14)9(6(15)8(10)17)26-28(20,21)22/h3,5-10,14-17H,1-2H2,(H,12,13)(H,18,19)(H,23,24)(H2,20,21,22)/t3-,5-,6+,7+,8+,9?,10?/m0/s1. The third kappa shape index (κ3) is 7.64. The van der Waals surface area contributed by atoms with E-state index in [1.165, 1.54) is 0 Å². The molecule has 8 atom stereocenters. The molecule has 0 spiro atoms. The maximum Gasteiger partial charge on any atom is 0.472 e. The van der Waals surface area contributed by atoms with Crippen LogP contribution in [0.3, 0.4) is 0 Å². The van der Waals surface area contributed by atoms with Gasteiger partial charge in [0.05, 0.1) is 18.9 Å². The summed E-state index contributed by atoms with van der Waals surface area (Å²) in [5.74, 6) is -4.97. The predicted octanol–water partition coefficient (Wildman–Crippen LogP) is -3.40. The number of hydrogen-bond acceptors (Lipinski definition) is 11.